The summed E-state index contributed by atoms with van der Waals surface area (Å²) in [4.78, 5) is 31.3. The van der Waals surface area contributed by atoms with Gasteiger partial charge >= 0.3 is 11.9 Å². The molecule has 0 saturated carbocycles. The van der Waals surface area contributed by atoms with Crippen LogP contribution in [0.15, 0.2) is 4.99 Å². The van der Waals surface area contributed by atoms with E-state index in [-0.39, 0.29) is 38.7 Å². The zero-order valence-electron chi connectivity index (χ0n) is 14.5. The minimum Gasteiger partial charge on any atom is -0.395 e. The van der Waals surface area contributed by atoms with Gasteiger partial charge in [0.2, 0.25) is 0 Å². The van der Waals surface area contributed by atoms with Crippen LogP contribution in [0.5, 0.6) is 0 Å². The fraction of sp³-hybridized carbons (Fsp3) is 0.714. The molecule has 3 N–H and O–H groups in total. The Kier molecular flexibility index (Phi) is 7.90. The van der Waals surface area contributed by atoms with E-state index in [1.807, 2.05) is 0 Å². The first-order chi connectivity index (χ1) is 11.4. The van der Waals surface area contributed by atoms with Crippen molar-refractivity contribution in [2.45, 2.75) is 12.1 Å². The second-order valence-corrected chi connectivity index (χ2v) is 5.69. The van der Waals surface area contributed by atoms with Gasteiger partial charge in [0.25, 0.3) is 17.8 Å². The summed E-state index contributed by atoms with van der Waals surface area (Å²) in [7, 11) is 4.49. The van der Waals surface area contributed by atoms with E-state index in [2.05, 4.69) is 10.3 Å². The van der Waals surface area contributed by atoms with Crippen molar-refractivity contribution in [3.63, 3.8) is 0 Å². The van der Waals surface area contributed by atoms with Crippen molar-refractivity contribution >= 4 is 36.0 Å². The number of β-amino-alcohol motifs (C(OH)–C–C–N with tert-alkyl or cyclic N) is 1. The van der Waals surface area contributed by atoms with Gasteiger partial charge < -0.3 is 20.3 Å². The summed E-state index contributed by atoms with van der Waals surface area (Å²) in [6, 6.07) is -1.20. The molecule has 10 nitrogen and oxygen atoms in total. The van der Waals surface area contributed by atoms with Crippen LogP contribution in [-0.4, -0.2) is 114 Å². The molecule has 25 heavy (non-hydrogen) atoms. The highest BCUT2D eigenvalue weighted by Gasteiger charge is 2.53. The van der Waals surface area contributed by atoms with Crippen LogP contribution in [0.1, 0.15) is 0 Å². The minimum absolute atomic E-state index is 0. The summed E-state index contributed by atoms with van der Waals surface area (Å²) in [5.41, 5.74) is 0. The fourth-order valence-corrected chi connectivity index (χ4v) is 2.74. The quantitative estimate of drug-likeness (QED) is 0.323. The second kappa shape index (κ2) is 9.20. The molecular formula is C14H25ClN5O5+. The summed E-state index contributed by atoms with van der Waals surface area (Å²) in [5.74, 6) is 0.436. The molecule has 2 aliphatic rings. The molecule has 0 radical (unpaired) electrons. The molecule has 2 aliphatic heterocycles. The van der Waals surface area contributed by atoms with Gasteiger partial charge in [0, 0.05) is 34.3 Å². The number of carbonyl (C=O) groups is 2. The van der Waals surface area contributed by atoms with Crippen molar-refractivity contribution in [2.24, 2.45) is 4.99 Å². The lowest BCUT2D eigenvalue weighted by molar-refractivity contribution is -0.544. The standard InChI is InChI=1S/C14H24N5O5.ClH/c1-17-12-11(13(22)18(2)14(17)23)19(10(16-12)8-24-3)7-9(21)6-15-4-5-20;/h9,11,15,20-21H,4-8H2,1-3H3;1H/q+1;. The number of likely N-dealkylation sites (N-methyl/N-ethyl adjacent to an activating group) is 2. The number of ether oxygens (including phenoxy) is 1. The molecule has 0 aliphatic carbocycles. The maximum absolute atomic E-state index is 12.5. The molecule has 142 valence electrons. The van der Waals surface area contributed by atoms with Crippen molar-refractivity contribution in [1.82, 2.24) is 15.1 Å². The molecule has 0 bridgehead atoms. The predicted octanol–water partition coefficient (Wildman–Crippen LogP) is -2.29. The molecule has 1 saturated heterocycles. The lowest BCUT2D eigenvalue weighted by Gasteiger charge is -2.31. The first kappa shape index (κ1) is 21.5. The van der Waals surface area contributed by atoms with Gasteiger partial charge in [-0.25, -0.2) is 9.37 Å². The predicted molar refractivity (Wildman–Crippen MR) is 92.4 cm³/mol. The molecule has 0 aromatic rings. The average molecular weight is 379 g/mol. The third kappa shape index (κ3) is 4.33. The number of urea groups is 1. The topological polar surface area (TPSA) is 118 Å². The Morgan fingerprint density at radius 1 is 1.36 bits per heavy atom. The summed E-state index contributed by atoms with van der Waals surface area (Å²) < 4.78 is 6.78. The number of methoxy groups -OCH3 is 1. The smallest absolute Gasteiger partial charge is 0.333 e. The number of fused-ring (bicyclic) bond motifs is 1. The molecule has 2 rings (SSSR count). The number of carbonyl (C=O) groups excluding carboxylic acids is 2. The second-order valence-electron chi connectivity index (χ2n) is 5.69. The number of aliphatic hydroxyl groups is 2. The zero-order valence-corrected chi connectivity index (χ0v) is 15.3. The third-order valence-electron chi connectivity index (χ3n) is 3.96. The maximum atomic E-state index is 12.5. The number of aliphatic imine (C=N–C) groups is 1. The summed E-state index contributed by atoms with van der Waals surface area (Å²) in [6.07, 6.45) is -0.779. The number of aliphatic hydroxyl groups excluding tert-OH is 2. The van der Waals surface area contributed by atoms with Crippen molar-refractivity contribution in [3.8, 4) is 0 Å². The van der Waals surface area contributed by atoms with E-state index in [9.17, 15) is 14.7 Å². The van der Waals surface area contributed by atoms with Crippen LogP contribution in [0.2, 0.25) is 0 Å². The number of amides is 3. The first-order valence-corrected chi connectivity index (χ1v) is 7.67. The molecule has 0 aromatic carbocycles. The molecule has 2 atom stereocenters. The monoisotopic (exact) mass is 378 g/mol. The van der Waals surface area contributed by atoms with Crippen molar-refractivity contribution < 1.29 is 29.1 Å². The van der Waals surface area contributed by atoms with E-state index < -0.39 is 24.1 Å². The molecule has 0 aromatic heterocycles. The highest BCUT2D eigenvalue weighted by atomic mass is 35.5. The van der Waals surface area contributed by atoms with E-state index >= 15 is 0 Å². The number of imide groups is 1. The Hall–Kier alpha value is -1.59. The maximum Gasteiger partial charge on any atom is 0.333 e. The number of nitrogens with zero attached hydrogens (tertiary/aromatic N) is 4. The van der Waals surface area contributed by atoms with Gasteiger partial charge in [-0.05, 0) is 4.99 Å². The Morgan fingerprint density at radius 3 is 2.64 bits per heavy atom. The van der Waals surface area contributed by atoms with E-state index in [0.29, 0.717) is 18.2 Å². The van der Waals surface area contributed by atoms with Crippen LogP contribution in [-0.2, 0) is 9.53 Å². The lowest BCUT2D eigenvalue weighted by atomic mass is 10.1. The Labute approximate surface area is 152 Å². The molecule has 1 fully saturated rings. The highest BCUT2D eigenvalue weighted by Crippen LogP contribution is 2.19. The Bertz CT molecular complexity index is 582. The molecule has 3 amide bonds. The van der Waals surface area contributed by atoms with Gasteiger partial charge in [0.1, 0.15) is 12.6 Å². The van der Waals surface area contributed by atoms with Gasteiger partial charge in [-0.1, -0.05) is 0 Å². The van der Waals surface area contributed by atoms with Crippen LogP contribution >= 0.6 is 12.4 Å². The van der Waals surface area contributed by atoms with Gasteiger partial charge in [0.15, 0.2) is 6.61 Å². The van der Waals surface area contributed by atoms with Crippen LogP contribution in [0.3, 0.4) is 0 Å². The van der Waals surface area contributed by atoms with E-state index in [1.165, 1.54) is 19.1 Å². The number of hydrogen-bond acceptors (Lipinski definition) is 7. The summed E-state index contributed by atoms with van der Waals surface area (Å²) in [5, 5.41) is 21.9. The van der Waals surface area contributed by atoms with Crippen LogP contribution in [0.25, 0.3) is 0 Å². The number of rotatable bonds is 8. The van der Waals surface area contributed by atoms with Crippen molar-refractivity contribution in [2.75, 3.05) is 54.1 Å². The van der Waals surface area contributed by atoms with Gasteiger partial charge in [-0.15, -0.1) is 12.4 Å². The lowest BCUT2D eigenvalue weighted by Crippen LogP contribution is -2.62. The Morgan fingerprint density at radius 2 is 2.04 bits per heavy atom. The van der Waals surface area contributed by atoms with Crippen molar-refractivity contribution in [3.05, 3.63) is 0 Å². The number of hydrogen-bond donors (Lipinski definition) is 3. The minimum atomic E-state index is -0.779. The number of nitrogens with one attached hydrogen (secondary N) is 1. The van der Waals surface area contributed by atoms with Crippen LogP contribution in [0.4, 0.5) is 4.79 Å². The van der Waals surface area contributed by atoms with Gasteiger partial charge in [-0.3, -0.25) is 14.6 Å². The van der Waals surface area contributed by atoms with Crippen molar-refractivity contribution in [1.29, 1.82) is 0 Å². The van der Waals surface area contributed by atoms with Gasteiger partial charge in [0.05, 0.1) is 6.61 Å². The average Bonchev–Trinajstić information content (AvgIpc) is 2.90. The molecule has 11 heteroatoms. The van der Waals surface area contributed by atoms with E-state index in [4.69, 9.17) is 9.84 Å². The van der Waals surface area contributed by atoms with E-state index in [0.717, 1.165) is 4.90 Å². The SMILES string of the molecule is COCC1=[N+](CC(O)CNCCO)C2C(=O)N(C)C(=O)N(C)C2=N1.Cl. The largest absolute Gasteiger partial charge is 0.395 e. The van der Waals surface area contributed by atoms with Gasteiger partial charge in [-0.2, -0.15) is 0 Å². The zero-order chi connectivity index (χ0) is 17.9. The number of halogens is 1. The fourth-order valence-electron chi connectivity index (χ4n) is 2.74. The molecular weight excluding hydrogens is 354 g/mol. The third-order valence-corrected chi connectivity index (χ3v) is 3.96. The first-order valence-electron chi connectivity index (χ1n) is 7.67. The Balaban J connectivity index is 0.00000312. The van der Waals surface area contributed by atoms with E-state index in [1.54, 1.807) is 11.6 Å². The molecule has 2 unspecified atom stereocenters. The summed E-state index contributed by atoms with van der Waals surface area (Å²) >= 11 is 0. The van der Waals surface area contributed by atoms with Crippen LogP contribution in [0, 0.1) is 0 Å². The molecule has 2 heterocycles. The summed E-state index contributed by atoms with van der Waals surface area (Å²) in [6.45, 7) is 0.920. The highest BCUT2D eigenvalue weighted by molar-refractivity contribution is 6.22. The molecule has 0 spiro atoms. The van der Waals surface area contributed by atoms with Crippen LogP contribution < -0.4 is 5.32 Å². The normalized spacial score (nSPS) is 21.3. The number of amidine groups is 2.